The van der Waals surface area contributed by atoms with Gasteiger partial charge >= 0.3 is 51.4 Å². The van der Waals surface area contributed by atoms with Crippen LogP contribution in [-0.4, -0.2) is 93.4 Å². The normalized spacial score (nSPS) is 14.2. The van der Waals surface area contributed by atoms with E-state index in [4.69, 9.17) is 4.55 Å². The van der Waals surface area contributed by atoms with Crippen molar-refractivity contribution in [1.29, 1.82) is 0 Å². The third-order valence-electron chi connectivity index (χ3n) is 2.91. The zero-order chi connectivity index (χ0) is 14.0. The van der Waals surface area contributed by atoms with Crippen molar-refractivity contribution in [2.24, 2.45) is 0 Å². The number of fused-ring (bicyclic) bond motifs is 1. The maximum atomic E-state index is 11.9. The van der Waals surface area contributed by atoms with E-state index < -0.39 is 10.1 Å². The van der Waals surface area contributed by atoms with Crippen LogP contribution in [0.15, 0.2) is 24.3 Å². The van der Waals surface area contributed by atoms with Crippen LogP contribution >= 0.6 is 0 Å². The molecule has 0 atom stereocenters. The molecular formula is C12H14KNO5S. The Kier molecular flexibility index (Phi) is 6.51. The van der Waals surface area contributed by atoms with Gasteiger partial charge in [0.05, 0.1) is 16.9 Å². The van der Waals surface area contributed by atoms with Crippen molar-refractivity contribution in [3.8, 4) is 0 Å². The van der Waals surface area contributed by atoms with Gasteiger partial charge in [0.25, 0.3) is 21.9 Å². The van der Waals surface area contributed by atoms with E-state index in [2.05, 4.69) is 0 Å². The van der Waals surface area contributed by atoms with Crippen LogP contribution in [0.1, 0.15) is 33.6 Å². The van der Waals surface area contributed by atoms with Gasteiger partial charge in [-0.2, -0.15) is 8.42 Å². The quantitative estimate of drug-likeness (QED) is 0.364. The Morgan fingerprint density at radius 3 is 1.95 bits per heavy atom. The van der Waals surface area contributed by atoms with Crippen molar-refractivity contribution in [2.75, 3.05) is 12.3 Å². The third-order valence-corrected chi connectivity index (χ3v) is 3.72. The van der Waals surface area contributed by atoms with Crippen molar-refractivity contribution in [3.63, 3.8) is 0 Å². The summed E-state index contributed by atoms with van der Waals surface area (Å²) in [5.41, 5.74) is 0.754. The van der Waals surface area contributed by atoms with Crippen LogP contribution in [0.2, 0.25) is 0 Å². The number of carbonyl (C=O) groups excluding carboxylic acids is 2. The van der Waals surface area contributed by atoms with Gasteiger partial charge in [0.1, 0.15) is 0 Å². The fraction of sp³-hybridized carbons (Fsp3) is 0.333. The van der Waals surface area contributed by atoms with Gasteiger partial charge in [0.2, 0.25) is 0 Å². The summed E-state index contributed by atoms with van der Waals surface area (Å²) in [5, 5.41) is 0. The van der Waals surface area contributed by atoms with Gasteiger partial charge in [0.15, 0.2) is 0 Å². The first-order chi connectivity index (χ1) is 8.90. The Balaban J connectivity index is 0.00000200. The van der Waals surface area contributed by atoms with Crippen LogP contribution < -0.4 is 0 Å². The maximum absolute atomic E-state index is 11.9. The number of hydrogen-bond acceptors (Lipinski definition) is 4. The van der Waals surface area contributed by atoms with Gasteiger partial charge in [-0.3, -0.25) is 19.0 Å². The number of carbonyl (C=O) groups is 2. The Labute approximate surface area is 159 Å². The molecule has 0 radical (unpaired) electrons. The summed E-state index contributed by atoms with van der Waals surface area (Å²) in [6.45, 7) is 0.155. The van der Waals surface area contributed by atoms with E-state index in [0.717, 1.165) is 4.90 Å². The summed E-state index contributed by atoms with van der Waals surface area (Å²) in [7, 11) is -3.99. The molecule has 20 heavy (non-hydrogen) atoms. The van der Waals surface area contributed by atoms with Crippen molar-refractivity contribution >= 4 is 73.3 Å². The van der Waals surface area contributed by atoms with Crippen LogP contribution in [0, 0.1) is 0 Å². The molecular weight excluding hydrogens is 309 g/mol. The summed E-state index contributed by atoms with van der Waals surface area (Å²) in [4.78, 5) is 25.0. The van der Waals surface area contributed by atoms with E-state index in [1.54, 1.807) is 24.3 Å². The summed E-state index contributed by atoms with van der Waals surface area (Å²) in [6.07, 6.45) is 0.539. The summed E-state index contributed by atoms with van der Waals surface area (Å²) < 4.78 is 29.7. The summed E-state index contributed by atoms with van der Waals surface area (Å²) >= 11 is 0. The summed E-state index contributed by atoms with van der Waals surface area (Å²) in [6, 6.07) is 6.55. The number of unbranched alkanes of at least 4 members (excludes halogenated alkanes) is 1. The van der Waals surface area contributed by atoms with Crippen LogP contribution in [0.4, 0.5) is 0 Å². The molecule has 2 rings (SSSR count). The van der Waals surface area contributed by atoms with Crippen molar-refractivity contribution in [1.82, 2.24) is 4.90 Å². The number of rotatable bonds is 5. The fourth-order valence-corrected chi connectivity index (χ4v) is 2.57. The number of amides is 2. The minimum absolute atomic E-state index is 0. The molecule has 1 aliphatic rings. The monoisotopic (exact) mass is 323 g/mol. The van der Waals surface area contributed by atoms with Crippen molar-refractivity contribution in [3.05, 3.63) is 35.4 Å². The number of hydrogen-bond donors (Lipinski definition) is 1. The van der Waals surface area contributed by atoms with Gasteiger partial charge in [-0.25, -0.2) is 0 Å². The molecule has 104 valence electrons. The topological polar surface area (TPSA) is 91.8 Å². The first-order valence-corrected chi connectivity index (χ1v) is 7.41. The van der Waals surface area contributed by atoms with E-state index in [0.29, 0.717) is 17.5 Å². The molecule has 0 spiro atoms. The predicted octanol–water partition coefficient (Wildman–Crippen LogP) is 0.302. The van der Waals surface area contributed by atoms with Crippen LogP contribution in [0.25, 0.3) is 0 Å². The molecule has 1 aliphatic heterocycles. The Morgan fingerprint density at radius 1 is 1.00 bits per heavy atom. The molecule has 8 heteroatoms. The molecule has 6 nitrogen and oxygen atoms in total. The molecule has 1 aromatic rings. The Morgan fingerprint density at radius 2 is 1.50 bits per heavy atom. The molecule has 0 saturated heterocycles. The second-order valence-corrected chi connectivity index (χ2v) is 5.87. The third kappa shape index (κ3) is 4.20. The van der Waals surface area contributed by atoms with E-state index >= 15 is 0 Å². The van der Waals surface area contributed by atoms with Crippen LogP contribution in [0.3, 0.4) is 0 Å². The van der Waals surface area contributed by atoms with Crippen LogP contribution in [-0.2, 0) is 10.1 Å². The minimum atomic E-state index is -3.99. The Bertz CT molecular complexity index is 593. The predicted molar refractivity (Wildman–Crippen MR) is 74.6 cm³/mol. The van der Waals surface area contributed by atoms with Crippen LogP contribution in [0.5, 0.6) is 0 Å². The zero-order valence-corrected chi connectivity index (χ0v) is 10.9. The second kappa shape index (κ2) is 7.25. The van der Waals surface area contributed by atoms with Crippen molar-refractivity contribution < 1.29 is 22.6 Å². The fourth-order valence-electron chi connectivity index (χ4n) is 2.00. The van der Waals surface area contributed by atoms with Gasteiger partial charge in [-0.05, 0) is 25.0 Å². The first kappa shape index (κ1) is 18.0. The average Bonchev–Trinajstić information content (AvgIpc) is 2.58. The number of imide groups is 1. The van der Waals surface area contributed by atoms with E-state index in [1.165, 1.54) is 0 Å². The molecule has 0 bridgehead atoms. The summed E-state index contributed by atoms with van der Waals surface area (Å²) in [5.74, 6) is -1.07. The van der Waals surface area contributed by atoms with Gasteiger partial charge < -0.3 is 0 Å². The zero-order valence-electron chi connectivity index (χ0n) is 10.1. The van der Waals surface area contributed by atoms with E-state index in [1.807, 2.05) is 0 Å². The Hall–Kier alpha value is -0.0936. The van der Waals surface area contributed by atoms with Gasteiger partial charge in [-0.1, -0.05) is 12.1 Å². The molecule has 0 fully saturated rings. The van der Waals surface area contributed by atoms with Gasteiger partial charge in [-0.15, -0.1) is 0 Å². The molecule has 1 aromatic carbocycles. The molecule has 1 heterocycles. The van der Waals surface area contributed by atoms with E-state index in [-0.39, 0.29) is 81.9 Å². The van der Waals surface area contributed by atoms with E-state index in [9.17, 15) is 18.0 Å². The van der Waals surface area contributed by atoms with Crippen molar-refractivity contribution in [2.45, 2.75) is 12.8 Å². The SMILES string of the molecule is O=C1c2ccccc2C(=O)N1CCCCS(=O)(=O)O.[KH]. The molecule has 0 aliphatic carbocycles. The molecule has 2 amide bonds. The number of nitrogens with zero attached hydrogens (tertiary/aromatic N) is 1. The molecule has 1 N–H and O–H groups in total. The standard InChI is InChI=1S/C12H13NO5S.K.H/c14-11-9-5-1-2-6-10(9)12(15)13(11)7-3-4-8-19(16,17)18;;/h1-2,5-6H,3-4,7-8H2,(H,16,17,18);;. The van der Waals surface area contributed by atoms with Gasteiger partial charge in [0, 0.05) is 6.54 Å². The molecule has 0 aromatic heterocycles. The second-order valence-electron chi connectivity index (χ2n) is 4.30. The average molecular weight is 323 g/mol. The number of benzene rings is 1. The first-order valence-electron chi connectivity index (χ1n) is 5.80. The molecule has 0 saturated carbocycles. The molecule has 0 unspecified atom stereocenters.